The zero-order valence-corrected chi connectivity index (χ0v) is 23.3. The van der Waals surface area contributed by atoms with Gasteiger partial charge in [0.1, 0.15) is 5.69 Å². The molecule has 0 aliphatic carbocycles. The fraction of sp³-hybridized carbons (Fsp3) is 0.690. The molecule has 3 fully saturated rings. The predicted octanol–water partition coefficient (Wildman–Crippen LogP) is 3.66. The van der Waals surface area contributed by atoms with Gasteiger partial charge >= 0.3 is 0 Å². The van der Waals surface area contributed by atoms with Gasteiger partial charge in [0, 0.05) is 64.0 Å². The smallest absolute Gasteiger partial charge is 0.223 e. The van der Waals surface area contributed by atoms with Crippen LogP contribution in [0.2, 0.25) is 0 Å². The molecular weight excluding hydrogens is 478 g/mol. The quantitative estimate of drug-likeness (QED) is 0.662. The molecule has 206 valence electrons. The van der Waals surface area contributed by atoms with E-state index in [0.29, 0.717) is 42.4 Å². The van der Waals surface area contributed by atoms with Crippen LogP contribution >= 0.6 is 0 Å². The number of hydrogen-bond donors (Lipinski definition) is 1. The second-order valence-electron chi connectivity index (χ2n) is 12.2. The Bertz CT molecular complexity index is 1110. The summed E-state index contributed by atoms with van der Waals surface area (Å²) in [4.78, 5) is 35.3. The SMILES string of the molecule is CC(C)[C@@H]1CC[C@@H](C)CC(=O)N2C[C@H]3C[C@H](CN(c4ccc(-c5nccn5C)nn4)C3)[C@@H]2CCCC(=O)N1. The largest absolute Gasteiger partial charge is 0.354 e. The number of nitrogens with zero attached hydrogens (tertiary/aromatic N) is 6. The molecule has 5 atom stereocenters. The molecule has 0 spiro atoms. The Morgan fingerprint density at radius 2 is 1.89 bits per heavy atom. The first kappa shape index (κ1) is 26.6. The van der Waals surface area contributed by atoms with Crippen LogP contribution in [0.25, 0.3) is 11.5 Å². The third kappa shape index (κ3) is 5.86. The summed E-state index contributed by atoms with van der Waals surface area (Å²) in [5.74, 6) is 3.63. The van der Waals surface area contributed by atoms with Gasteiger partial charge in [-0.2, -0.15) is 0 Å². The first-order valence-corrected chi connectivity index (χ1v) is 14.4. The second-order valence-corrected chi connectivity index (χ2v) is 12.2. The molecule has 0 radical (unpaired) electrons. The number of carbonyl (C=O) groups excluding carboxylic acids is 2. The summed E-state index contributed by atoms with van der Waals surface area (Å²) in [6.07, 6.45) is 9.48. The van der Waals surface area contributed by atoms with Crippen molar-refractivity contribution in [2.75, 3.05) is 24.5 Å². The Labute approximate surface area is 226 Å². The van der Waals surface area contributed by atoms with Crippen molar-refractivity contribution in [3.05, 3.63) is 24.5 Å². The number of aromatic nitrogens is 4. The standard InChI is InChI=1S/C29H43N7O2/c1-19(2)23-9-8-20(3)14-28(38)36-17-21-15-22(25(36)6-5-7-27(37)31-23)18-35(16-21)26-11-10-24(32-33-26)29-30-12-13-34(29)4/h10-13,19-23,25H,5-9,14-18H2,1-4H3,(H,31,37)/t20-,21+,22-,23+,25+/m1/s1. The molecule has 5 heterocycles. The van der Waals surface area contributed by atoms with E-state index >= 15 is 0 Å². The fourth-order valence-electron chi connectivity index (χ4n) is 6.72. The topological polar surface area (TPSA) is 96.2 Å². The maximum Gasteiger partial charge on any atom is 0.223 e. The monoisotopic (exact) mass is 521 g/mol. The Morgan fingerprint density at radius 3 is 2.61 bits per heavy atom. The van der Waals surface area contributed by atoms with Gasteiger partial charge in [0.15, 0.2) is 11.6 Å². The lowest BCUT2D eigenvalue weighted by atomic mass is 9.77. The number of aryl methyl sites for hydroxylation is 1. The van der Waals surface area contributed by atoms with Crippen molar-refractivity contribution in [3.8, 4) is 11.5 Å². The number of carbonyl (C=O) groups is 2. The molecule has 2 aromatic rings. The van der Waals surface area contributed by atoms with E-state index in [1.54, 1.807) is 6.20 Å². The van der Waals surface area contributed by atoms with Gasteiger partial charge in [-0.1, -0.05) is 20.8 Å². The Hall–Kier alpha value is -2.97. The molecule has 0 aromatic carbocycles. The number of anilines is 1. The van der Waals surface area contributed by atoms with Crippen molar-refractivity contribution in [3.63, 3.8) is 0 Å². The van der Waals surface area contributed by atoms with Gasteiger partial charge in [0.05, 0.1) is 0 Å². The van der Waals surface area contributed by atoms with Crippen LogP contribution < -0.4 is 10.2 Å². The number of fused-ring (bicyclic) bond motifs is 4. The third-order valence-electron chi connectivity index (χ3n) is 8.86. The lowest BCUT2D eigenvalue weighted by molar-refractivity contribution is -0.139. The summed E-state index contributed by atoms with van der Waals surface area (Å²) in [5, 5.41) is 12.3. The highest BCUT2D eigenvalue weighted by atomic mass is 16.2. The Balaban J connectivity index is 1.31. The lowest BCUT2D eigenvalue weighted by Crippen LogP contribution is -2.59. The molecule has 2 bridgehead atoms. The van der Waals surface area contributed by atoms with E-state index in [1.807, 2.05) is 29.9 Å². The average molecular weight is 522 g/mol. The molecular formula is C29H43N7O2. The normalized spacial score (nSPS) is 29.2. The van der Waals surface area contributed by atoms with Crippen molar-refractivity contribution in [1.82, 2.24) is 30.0 Å². The van der Waals surface area contributed by atoms with Crippen LogP contribution in [0.5, 0.6) is 0 Å². The number of piperidine rings is 2. The molecule has 9 nitrogen and oxygen atoms in total. The van der Waals surface area contributed by atoms with Crippen LogP contribution in [0, 0.1) is 23.7 Å². The van der Waals surface area contributed by atoms with Gasteiger partial charge < -0.3 is 19.7 Å². The zero-order chi connectivity index (χ0) is 26.8. The Kier molecular flexibility index (Phi) is 8.00. The summed E-state index contributed by atoms with van der Waals surface area (Å²) in [6, 6.07) is 4.39. The van der Waals surface area contributed by atoms with E-state index < -0.39 is 0 Å². The first-order valence-electron chi connectivity index (χ1n) is 14.4. The summed E-state index contributed by atoms with van der Waals surface area (Å²) >= 11 is 0. The van der Waals surface area contributed by atoms with Gasteiger partial charge in [0.2, 0.25) is 11.8 Å². The van der Waals surface area contributed by atoms with E-state index in [4.69, 9.17) is 0 Å². The van der Waals surface area contributed by atoms with Crippen LogP contribution in [0.3, 0.4) is 0 Å². The van der Waals surface area contributed by atoms with E-state index in [-0.39, 0.29) is 18.0 Å². The van der Waals surface area contributed by atoms with Gasteiger partial charge in [-0.15, -0.1) is 10.2 Å². The molecule has 3 aliphatic rings. The van der Waals surface area contributed by atoms with Gasteiger partial charge in [-0.3, -0.25) is 9.59 Å². The third-order valence-corrected chi connectivity index (χ3v) is 8.86. The minimum atomic E-state index is 0.149. The maximum atomic E-state index is 13.6. The van der Waals surface area contributed by atoms with Crippen molar-refractivity contribution in [2.45, 2.75) is 77.8 Å². The van der Waals surface area contributed by atoms with Crippen molar-refractivity contribution < 1.29 is 9.59 Å². The lowest BCUT2D eigenvalue weighted by Gasteiger charge is -2.51. The number of rotatable bonds is 3. The minimum Gasteiger partial charge on any atom is -0.354 e. The molecule has 0 unspecified atom stereocenters. The summed E-state index contributed by atoms with van der Waals surface area (Å²) in [5.41, 5.74) is 0.762. The van der Waals surface area contributed by atoms with E-state index in [2.05, 4.69) is 51.1 Å². The number of hydrogen-bond acceptors (Lipinski definition) is 6. The second kappa shape index (κ2) is 11.4. The number of nitrogens with one attached hydrogen (secondary N) is 1. The molecule has 1 N–H and O–H groups in total. The molecule has 2 amide bonds. The fourth-order valence-corrected chi connectivity index (χ4v) is 6.72. The minimum absolute atomic E-state index is 0.149. The molecule has 3 saturated heterocycles. The molecule has 2 aromatic heterocycles. The van der Waals surface area contributed by atoms with Crippen molar-refractivity contribution in [1.29, 1.82) is 0 Å². The van der Waals surface area contributed by atoms with Crippen molar-refractivity contribution in [2.24, 2.45) is 30.7 Å². The van der Waals surface area contributed by atoms with E-state index in [9.17, 15) is 9.59 Å². The molecule has 0 saturated carbocycles. The van der Waals surface area contributed by atoms with Crippen LogP contribution in [0.1, 0.15) is 65.7 Å². The summed E-state index contributed by atoms with van der Waals surface area (Å²) in [6.45, 7) is 9.06. The predicted molar refractivity (Wildman–Crippen MR) is 147 cm³/mol. The van der Waals surface area contributed by atoms with Crippen LogP contribution in [0.4, 0.5) is 5.82 Å². The summed E-state index contributed by atoms with van der Waals surface area (Å²) < 4.78 is 1.94. The summed E-state index contributed by atoms with van der Waals surface area (Å²) in [7, 11) is 1.95. The average Bonchev–Trinajstić information content (AvgIpc) is 3.32. The highest BCUT2D eigenvalue weighted by Gasteiger charge is 2.43. The van der Waals surface area contributed by atoms with Crippen molar-refractivity contribution >= 4 is 17.6 Å². The van der Waals surface area contributed by atoms with E-state index in [0.717, 1.165) is 69.1 Å². The highest BCUT2D eigenvalue weighted by molar-refractivity contribution is 5.77. The van der Waals surface area contributed by atoms with Crippen LogP contribution in [-0.2, 0) is 16.6 Å². The maximum absolute atomic E-state index is 13.6. The molecule has 9 heteroatoms. The number of imidazole rings is 1. The van der Waals surface area contributed by atoms with Gasteiger partial charge in [-0.05, 0) is 67.9 Å². The number of amides is 2. The van der Waals surface area contributed by atoms with Gasteiger partial charge in [-0.25, -0.2) is 4.98 Å². The highest BCUT2D eigenvalue weighted by Crippen LogP contribution is 2.37. The Morgan fingerprint density at radius 1 is 1.05 bits per heavy atom. The molecule has 3 aliphatic heterocycles. The van der Waals surface area contributed by atoms with Gasteiger partial charge in [0.25, 0.3) is 0 Å². The first-order chi connectivity index (χ1) is 18.3. The van der Waals surface area contributed by atoms with E-state index in [1.165, 1.54) is 0 Å². The van der Waals surface area contributed by atoms with Crippen LogP contribution in [0.15, 0.2) is 24.5 Å². The molecule has 38 heavy (non-hydrogen) atoms. The van der Waals surface area contributed by atoms with Crippen LogP contribution in [-0.4, -0.2) is 68.2 Å². The zero-order valence-electron chi connectivity index (χ0n) is 23.3. The molecule has 5 rings (SSSR count).